The number of benzene rings is 1. The average Bonchev–Trinajstić information content (AvgIpc) is 3.00. The number of amides is 2. The summed E-state index contributed by atoms with van der Waals surface area (Å²) in [6.07, 6.45) is 1.17. The highest BCUT2D eigenvalue weighted by Crippen LogP contribution is 2.35. The maximum absolute atomic E-state index is 13.0. The second-order valence-corrected chi connectivity index (χ2v) is 10.8. The molecule has 0 aliphatic carbocycles. The summed E-state index contributed by atoms with van der Waals surface area (Å²) in [6, 6.07) is 4.58. The lowest BCUT2D eigenvalue weighted by Crippen LogP contribution is -2.36. The maximum atomic E-state index is 13.0. The quantitative estimate of drug-likeness (QED) is 0.551. The van der Waals surface area contributed by atoms with E-state index in [2.05, 4.69) is 20.0 Å². The van der Waals surface area contributed by atoms with E-state index in [0.29, 0.717) is 17.3 Å². The van der Waals surface area contributed by atoms with Crippen LogP contribution in [0, 0.1) is 4.78 Å². The number of carbonyl (C=O) groups is 1. The van der Waals surface area contributed by atoms with Crippen molar-refractivity contribution in [2.75, 3.05) is 18.4 Å². The Labute approximate surface area is 189 Å². The Hall–Kier alpha value is -2.10. The van der Waals surface area contributed by atoms with E-state index in [1.165, 1.54) is 6.42 Å². The van der Waals surface area contributed by atoms with Gasteiger partial charge in [0.15, 0.2) is 14.9 Å². The highest BCUT2D eigenvalue weighted by Gasteiger charge is 2.23. The molecular formula is C21H31ClN6O2S. The number of halogens is 1. The van der Waals surface area contributed by atoms with Crippen LogP contribution in [-0.4, -0.2) is 38.0 Å². The van der Waals surface area contributed by atoms with Crippen LogP contribution in [0.15, 0.2) is 23.2 Å². The van der Waals surface area contributed by atoms with Crippen LogP contribution in [0.25, 0.3) is 0 Å². The zero-order chi connectivity index (χ0) is 22.9. The normalized spacial score (nSPS) is 16.3. The Bertz CT molecular complexity index is 1040. The van der Waals surface area contributed by atoms with Crippen molar-refractivity contribution in [2.45, 2.75) is 57.5 Å². The Balaban J connectivity index is 1.81. The molecule has 31 heavy (non-hydrogen) atoms. The molecule has 1 atom stereocenters. The van der Waals surface area contributed by atoms with Crippen molar-refractivity contribution in [3.8, 4) is 0 Å². The minimum Gasteiger partial charge on any atom is -0.307 e. The number of anilines is 1. The SMILES string of the molecule is CC(C)c1cc(Cl)cc(C(C)C)c1NC(=O)NS(=N)(=O)c1cc(CN2CCC2)n(C)n1. The fraction of sp³-hybridized carbons (Fsp3) is 0.524. The highest BCUT2D eigenvalue weighted by molar-refractivity contribution is 7.91. The van der Waals surface area contributed by atoms with E-state index in [1.807, 2.05) is 39.8 Å². The summed E-state index contributed by atoms with van der Waals surface area (Å²) in [5.74, 6) is 0.235. The average molecular weight is 467 g/mol. The lowest BCUT2D eigenvalue weighted by Gasteiger charge is -2.30. The second-order valence-electron chi connectivity index (χ2n) is 8.61. The number of nitrogens with one attached hydrogen (secondary N) is 3. The van der Waals surface area contributed by atoms with E-state index in [1.54, 1.807) is 17.8 Å². The molecule has 1 saturated heterocycles. The van der Waals surface area contributed by atoms with Crippen LogP contribution in [-0.2, 0) is 23.5 Å². The van der Waals surface area contributed by atoms with Gasteiger partial charge in [0.2, 0.25) is 0 Å². The molecule has 1 aliphatic heterocycles. The van der Waals surface area contributed by atoms with E-state index in [-0.39, 0.29) is 16.9 Å². The molecular weight excluding hydrogens is 436 g/mol. The first-order valence-electron chi connectivity index (χ1n) is 10.4. The number of carbonyl (C=O) groups excluding carboxylic acids is 1. The molecule has 8 nitrogen and oxygen atoms in total. The Morgan fingerprint density at radius 2 is 1.77 bits per heavy atom. The molecule has 170 valence electrons. The van der Waals surface area contributed by atoms with Crippen molar-refractivity contribution in [1.29, 1.82) is 4.78 Å². The minimum absolute atomic E-state index is 0.0462. The molecule has 0 radical (unpaired) electrons. The minimum atomic E-state index is -3.62. The van der Waals surface area contributed by atoms with Crippen LogP contribution in [0.5, 0.6) is 0 Å². The standard InChI is InChI=1S/C21H31ClN6O2S/c1-13(2)17-9-15(22)10-18(14(3)4)20(17)24-21(29)26-31(23,30)19-11-16(27(5)25-19)12-28-7-6-8-28/h9-11,13-14H,6-8,12H2,1-5H3,(H3,23,24,26,29,30). The molecule has 3 N–H and O–H groups in total. The van der Waals surface area contributed by atoms with Crippen LogP contribution < -0.4 is 10.0 Å². The highest BCUT2D eigenvalue weighted by atomic mass is 35.5. The van der Waals surface area contributed by atoms with Crippen molar-refractivity contribution in [3.05, 3.63) is 40.0 Å². The predicted octanol–water partition coefficient (Wildman–Crippen LogP) is 4.67. The molecule has 0 bridgehead atoms. The summed E-state index contributed by atoms with van der Waals surface area (Å²) in [4.78, 5) is 15.0. The van der Waals surface area contributed by atoms with Gasteiger partial charge in [-0.2, -0.15) is 5.10 Å². The predicted molar refractivity (Wildman–Crippen MR) is 124 cm³/mol. The molecule has 1 aliphatic rings. The summed E-state index contributed by atoms with van der Waals surface area (Å²) in [5, 5.41) is 7.69. The number of aromatic nitrogens is 2. The van der Waals surface area contributed by atoms with Crippen LogP contribution >= 0.6 is 11.6 Å². The van der Waals surface area contributed by atoms with Crippen molar-refractivity contribution < 1.29 is 9.00 Å². The van der Waals surface area contributed by atoms with Gasteiger partial charge in [0.05, 0.1) is 5.69 Å². The van der Waals surface area contributed by atoms with Gasteiger partial charge in [-0.3, -0.25) is 9.58 Å². The van der Waals surface area contributed by atoms with Crippen molar-refractivity contribution in [2.24, 2.45) is 7.05 Å². The van der Waals surface area contributed by atoms with Gasteiger partial charge in [-0.15, -0.1) is 0 Å². The van der Waals surface area contributed by atoms with E-state index in [9.17, 15) is 9.00 Å². The molecule has 0 spiro atoms. The number of hydrogen-bond acceptors (Lipinski definition) is 5. The molecule has 2 aromatic rings. The van der Waals surface area contributed by atoms with Crippen molar-refractivity contribution in [3.63, 3.8) is 0 Å². The number of hydrogen-bond donors (Lipinski definition) is 3. The summed E-state index contributed by atoms with van der Waals surface area (Å²) >= 11 is 6.28. The second kappa shape index (κ2) is 9.18. The lowest BCUT2D eigenvalue weighted by atomic mass is 9.92. The summed E-state index contributed by atoms with van der Waals surface area (Å²) < 4.78 is 25.2. The number of nitrogens with zero attached hydrogens (tertiary/aromatic N) is 3. The first-order valence-corrected chi connectivity index (χ1v) is 12.4. The number of rotatable bonds is 7. The van der Waals surface area contributed by atoms with Gasteiger partial charge in [-0.1, -0.05) is 39.3 Å². The van der Waals surface area contributed by atoms with Gasteiger partial charge in [0, 0.05) is 24.3 Å². The molecule has 10 heteroatoms. The molecule has 3 rings (SSSR count). The van der Waals surface area contributed by atoms with E-state index < -0.39 is 15.9 Å². The third kappa shape index (κ3) is 5.39. The molecule has 1 aromatic carbocycles. The number of urea groups is 1. The summed E-state index contributed by atoms with van der Waals surface area (Å²) in [6.45, 7) is 10.8. The molecule has 2 heterocycles. The lowest BCUT2D eigenvalue weighted by molar-refractivity contribution is 0.168. The summed E-state index contributed by atoms with van der Waals surface area (Å²) in [7, 11) is -1.86. The van der Waals surface area contributed by atoms with E-state index >= 15 is 0 Å². The van der Waals surface area contributed by atoms with Crippen molar-refractivity contribution >= 4 is 33.2 Å². The van der Waals surface area contributed by atoms with Crippen molar-refractivity contribution in [1.82, 2.24) is 19.4 Å². The van der Waals surface area contributed by atoms with Crippen LogP contribution in [0.1, 0.15) is 62.8 Å². The largest absolute Gasteiger partial charge is 0.332 e. The first-order chi connectivity index (χ1) is 14.5. The Kier molecular flexibility index (Phi) is 6.98. The molecule has 1 fully saturated rings. The third-order valence-corrected chi connectivity index (χ3v) is 6.95. The van der Waals surface area contributed by atoms with E-state index in [4.69, 9.17) is 16.4 Å². The fourth-order valence-electron chi connectivity index (χ4n) is 3.56. The molecule has 1 aromatic heterocycles. The monoisotopic (exact) mass is 466 g/mol. The first kappa shape index (κ1) is 23.6. The van der Waals surface area contributed by atoms with Gasteiger partial charge in [-0.05, 0) is 60.7 Å². The smallest absolute Gasteiger partial charge is 0.307 e. The zero-order valence-electron chi connectivity index (χ0n) is 18.7. The van der Waals surface area contributed by atoms with Crippen LogP contribution in [0.4, 0.5) is 10.5 Å². The fourth-order valence-corrected chi connectivity index (χ4v) is 4.75. The van der Waals surface area contributed by atoms with Gasteiger partial charge >= 0.3 is 6.03 Å². The Morgan fingerprint density at radius 1 is 1.19 bits per heavy atom. The van der Waals surface area contributed by atoms with Gasteiger partial charge in [0.1, 0.15) is 0 Å². The number of aryl methyl sites for hydroxylation is 1. The van der Waals surface area contributed by atoms with Gasteiger partial charge < -0.3 is 5.32 Å². The third-order valence-electron chi connectivity index (χ3n) is 5.47. The van der Waals surface area contributed by atoms with Crippen LogP contribution in [0.2, 0.25) is 5.02 Å². The van der Waals surface area contributed by atoms with Gasteiger partial charge in [0.25, 0.3) is 0 Å². The van der Waals surface area contributed by atoms with Crippen LogP contribution in [0.3, 0.4) is 0 Å². The number of likely N-dealkylation sites (tertiary alicyclic amines) is 1. The molecule has 1 unspecified atom stereocenters. The zero-order valence-corrected chi connectivity index (χ0v) is 20.2. The summed E-state index contributed by atoms with van der Waals surface area (Å²) in [5.41, 5.74) is 3.27. The topological polar surface area (TPSA) is 103 Å². The van der Waals surface area contributed by atoms with Gasteiger partial charge in [-0.25, -0.2) is 18.5 Å². The van der Waals surface area contributed by atoms with E-state index in [0.717, 1.165) is 29.9 Å². The molecule has 0 saturated carbocycles. The maximum Gasteiger partial charge on any atom is 0.332 e. The molecule has 2 amide bonds. The Morgan fingerprint density at radius 3 is 2.26 bits per heavy atom.